The third-order valence-electron chi connectivity index (χ3n) is 14.7. The summed E-state index contributed by atoms with van der Waals surface area (Å²) >= 11 is 3.89. The largest absolute Gasteiger partial charge is 0.462 e. The molecular formula is C38H58O5S2. The van der Waals surface area contributed by atoms with Crippen LogP contribution < -0.4 is 0 Å². The van der Waals surface area contributed by atoms with E-state index in [0.29, 0.717) is 30.0 Å². The van der Waals surface area contributed by atoms with Gasteiger partial charge in [0.05, 0.1) is 4.58 Å². The summed E-state index contributed by atoms with van der Waals surface area (Å²) in [7, 11) is 0. The van der Waals surface area contributed by atoms with Crippen molar-refractivity contribution in [1.29, 1.82) is 0 Å². The van der Waals surface area contributed by atoms with Crippen LogP contribution in [0.25, 0.3) is 0 Å². The lowest BCUT2D eigenvalue weighted by Crippen LogP contribution is -2.66. The maximum atomic E-state index is 14.2. The Morgan fingerprint density at radius 1 is 0.822 bits per heavy atom. The van der Waals surface area contributed by atoms with Crippen LogP contribution in [0.5, 0.6) is 0 Å². The topological polar surface area (TPSA) is 69.7 Å². The summed E-state index contributed by atoms with van der Waals surface area (Å²) in [5, 5.41) is 0. The molecule has 0 N–H and O–H groups in total. The molecule has 3 unspecified atom stereocenters. The van der Waals surface area contributed by atoms with Gasteiger partial charge in [0.25, 0.3) is 0 Å². The molecule has 0 radical (unpaired) electrons. The third-order valence-corrected chi connectivity index (χ3v) is 17.7. The Labute approximate surface area is 280 Å². The van der Waals surface area contributed by atoms with E-state index < -0.39 is 0 Å². The predicted octanol–water partition coefficient (Wildman–Crippen LogP) is 9.03. The SMILES string of the molecule is CC(=O)OC1CC[C@@]2(C)C(CC[C@]3(C)[C@@H]2CC[C@@H]2C4=C(C(C)C)C(=O)C[C@]4(C(OC(C)=O)C4SCCCS4)CC[C@]23C)C1(C)C. The molecule has 0 aromatic heterocycles. The lowest BCUT2D eigenvalue weighted by Gasteiger charge is -2.72. The van der Waals surface area contributed by atoms with Gasteiger partial charge in [-0.05, 0) is 120 Å². The Morgan fingerprint density at radius 3 is 2.13 bits per heavy atom. The van der Waals surface area contributed by atoms with Crippen molar-refractivity contribution in [3.8, 4) is 0 Å². The Morgan fingerprint density at radius 2 is 1.51 bits per heavy atom. The molecule has 5 fully saturated rings. The highest BCUT2D eigenvalue weighted by Gasteiger charge is 2.71. The molecule has 252 valence electrons. The van der Waals surface area contributed by atoms with Crippen LogP contribution in [-0.2, 0) is 23.9 Å². The Kier molecular flexibility index (Phi) is 8.74. The molecule has 4 saturated carbocycles. The molecule has 1 aliphatic heterocycles. The molecule has 1 saturated heterocycles. The molecule has 5 aliphatic carbocycles. The summed E-state index contributed by atoms with van der Waals surface area (Å²) in [5.74, 6) is 3.70. The van der Waals surface area contributed by atoms with Gasteiger partial charge in [0, 0.05) is 31.1 Å². The predicted molar refractivity (Wildman–Crippen MR) is 184 cm³/mol. The number of hydrogen-bond donors (Lipinski definition) is 0. The molecule has 0 bridgehead atoms. The van der Waals surface area contributed by atoms with Crippen molar-refractivity contribution in [3.63, 3.8) is 0 Å². The van der Waals surface area contributed by atoms with Crippen LogP contribution in [0, 0.1) is 50.7 Å². The maximum Gasteiger partial charge on any atom is 0.303 e. The Balaban J connectivity index is 1.42. The van der Waals surface area contributed by atoms with Gasteiger partial charge in [0.1, 0.15) is 12.2 Å². The van der Waals surface area contributed by atoms with Crippen molar-refractivity contribution in [3.05, 3.63) is 11.1 Å². The van der Waals surface area contributed by atoms with Crippen LogP contribution in [0.15, 0.2) is 11.1 Å². The smallest absolute Gasteiger partial charge is 0.303 e. The first-order valence-corrected chi connectivity index (χ1v) is 20.0. The van der Waals surface area contributed by atoms with E-state index in [2.05, 4.69) is 48.5 Å². The molecule has 0 aromatic carbocycles. The lowest BCUT2D eigenvalue weighted by molar-refractivity contribution is -0.234. The first kappa shape index (κ1) is 33.9. The molecule has 0 spiro atoms. The monoisotopic (exact) mass is 658 g/mol. The number of carbonyl (C=O) groups excluding carboxylic acids is 3. The van der Waals surface area contributed by atoms with E-state index in [9.17, 15) is 14.4 Å². The van der Waals surface area contributed by atoms with E-state index in [-0.39, 0.29) is 61.7 Å². The molecule has 0 amide bonds. The van der Waals surface area contributed by atoms with E-state index in [1.807, 2.05) is 23.5 Å². The summed E-state index contributed by atoms with van der Waals surface area (Å²) in [6.45, 7) is 20.0. The zero-order chi connectivity index (χ0) is 32.7. The third kappa shape index (κ3) is 4.95. The molecule has 5 nitrogen and oxygen atoms in total. The van der Waals surface area contributed by atoms with Crippen molar-refractivity contribution in [1.82, 2.24) is 0 Å². The molecule has 9 atom stereocenters. The van der Waals surface area contributed by atoms with E-state index in [1.54, 1.807) is 13.8 Å². The number of fused-ring (bicyclic) bond motifs is 7. The summed E-state index contributed by atoms with van der Waals surface area (Å²) in [4.78, 5) is 39.0. The Bertz CT molecular complexity index is 1270. The number of rotatable bonds is 5. The zero-order valence-corrected chi connectivity index (χ0v) is 31.0. The van der Waals surface area contributed by atoms with Gasteiger partial charge < -0.3 is 9.47 Å². The molecular weight excluding hydrogens is 601 g/mol. The number of ketones is 1. The summed E-state index contributed by atoms with van der Waals surface area (Å²) < 4.78 is 12.5. The van der Waals surface area contributed by atoms with Crippen LogP contribution in [0.1, 0.15) is 127 Å². The second-order valence-corrected chi connectivity index (χ2v) is 20.1. The number of allylic oxidation sites excluding steroid dienone is 1. The summed E-state index contributed by atoms with van der Waals surface area (Å²) in [5.41, 5.74) is 2.42. The van der Waals surface area contributed by atoms with E-state index >= 15 is 0 Å². The molecule has 0 aromatic rings. The van der Waals surface area contributed by atoms with E-state index in [4.69, 9.17) is 9.47 Å². The second-order valence-electron chi connectivity index (χ2n) is 17.3. The van der Waals surface area contributed by atoms with Crippen molar-refractivity contribution >= 4 is 41.2 Å². The molecule has 6 aliphatic rings. The van der Waals surface area contributed by atoms with Crippen molar-refractivity contribution in [2.75, 3.05) is 11.5 Å². The van der Waals surface area contributed by atoms with Gasteiger partial charge in [-0.1, -0.05) is 48.5 Å². The number of Topliss-reactive ketones (excluding diaryl/α,β-unsaturated/α-hetero) is 1. The van der Waals surface area contributed by atoms with Crippen molar-refractivity contribution in [2.24, 2.45) is 50.7 Å². The van der Waals surface area contributed by atoms with Gasteiger partial charge in [-0.25, -0.2) is 0 Å². The van der Waals surface area contributed by atoms with Crippen LogP contribution in [-0.4, -0.2) is 46.0 Å². The first-order valence-electron chi connectivity index (χ1n) is 17.9. The second kappa shape index (κ2) is 11.6. The molecule has 1 heterocycles. The highest BCUT2D eigenvalue weighted by atomic mass is 32.2. The van der Waals surface area contributed by atoms with E-state index in [1.165, 1.54) is 24.8 Å². The number of carbonyl (C=O) groups is 3. The molecule has 6 rings (SSSR count). The summed E-state index contributed by atoms with van der Waals surface area (Å²) in [6, 6.07) is 0. The Hall–Kier alpha value is -0.950. The standard InChI is InChI=1S/C38H58O5S2/c1-22(2)30-26(41)21-38(32(43-24(4)40)33-44-19-10-20-45-33)18-17-36(8)25(31(30)38)11-12-28-35(7)15-14-29(42-23(3)39)34(5,6)27(35)13-16-37(28,36)9/h22,25,27-29,32-33H,10-21H2,1-9H3/t25-,27?,28-,29?,32?,35+,36-,37-,38-/m1/s1. The maximum absolute atomic E-state index is 14.2. The van der Waals surface area contributed by atoms with Gasteiger partial charge in [-0.2, -0.15) is 0 Å². The quantitative estimate of drug-likeness (QED) is 0.273. The fraction of sp³-hybridized carbons (Fsp3) is 0.868. The van der Waals surface area contributed by atoms with Gasteiger partial charge in [-0.3, -0.25) is 14.4 Å². The highest BCUT2D eigenvalue weighted by molar-refractivity contribution is 8.17. The average molecular weight is 659 g/mol. The number of esters is 2. The van der Waals surface area contributed by atoms with Gasteiger partial charge in [0.2, 0.25) is 0 Å². The van der Waals surface area contributed by atoms with Gasteiger partial charge in [-0.15, -0.1) is 23.5 Å². The minimum absolute atomic E-state index is 0.0170. The fourth-order valence-electron chi connectivity index (χ4n) is 12.7. The number of ether oxygens (including phenoxy) is 2. The van der Waals surface area contributed by atoms with Crippen LogP contribution >= 0.6 is 23.5 Å². The van der Waals surface area contributed by atoms with Crippen LogP contribution in [0.3, 0.4) is 0 Å². The minimum Gasteiger partial charge on any atom is -0.462 e. The molecule has 7 heteroatoms. The van der Waals surface area contributed by atoms with Gasteiger partial charge >= 0.3 is 11.9 Å². The summed E-state index contributed by atoms with van der Waals surface area (Å²) in [6.07, 6.45) is 10.1. The van der Waals surface area contributed by atoms with Crippen molar-refractivity contribution in [2.45, 2.75) is 143 Å². The zero-order valence-electron chi connectivity index (χ0n) is 29.4. The number of hydrogen-bond acceptors (Lipinski definition) is 7. The average Bonchev–Trinajstić information content (AvgIpc) is 3.27. The fourth-order valence-corrected chi connectivity index (χ4v) is 15.9. The van der Waals surface area contributed by atoms with Crippen molar-refractivity contribution < 1.29 is 23.9 Å². The highest BCUT2D eigenvalue weighted by Crippen LogP contribution is 2.77. The number of thioether (sulfide) groups is 2. The lowest BCUT2D eigenvalue weighted by atomic mass is 9.33. The molecule has 45 heavy (non-hydrogen) atoms. The van der Waals surface area contributed by atoms with Crippen LogP contribution in [0.4, 0.5) is 0 Å². The normalized spacial score (nSPS) is 43.6. The van der Waals surface area contributed by atoms with E-state index in [0.717, 1.165) is 55.6 Å². The minimum atomic E-state index is -0.386. The van der Waals surface area contributed by atoms with Gasteiger partial charge in [0.15, 0.2) is 5.78 Å². The van der Waals surface area contributed by atoms with Crippen LogP contribution in [0.2, 0.25) is 0 Å². The first-order chi connectivity index (χ1) is 21.0.